The molecule has 0 bridgehead atoms. The van der Waals surface area contributed by atoms with Crippen LogP contribution >= 0.6 is 12.4 Å². The molecule has 1 heterocycles. The van der Waals surface area contributed by atoms with Crippen LogP contribution in [0.2, 0.25) is 0 Å². The van der Waals surface area contributed by atoms with Gasteiger partial charge in [-0.05, 0) is 49.5 Å². The number of likely N-dealkylation sites (N-methyl/N-ethyl adjacent to an activating group) is 1. The minimum Gasteiger partial charge on any atom is -0.494 e. The van der Waals surface area contributed by atoms with Crippen LogP contribution in [0.1, 0.15) is 39.2 Å². The van der Waals surface area contributed by atoms with Crippen molar-refractivity contribution in [2.75, 3.05) is 46.4 Å². The molecule has 1 aromatic rings. The zero-order chi connectivity index (χ0) is 16.0. The van der Waals surface area contributed by atoms with Gasteiger partial charge in [0.1, 0.15) is 5.75 Å². The average molecular weight is 341 g/mol. The van der Waals surface area contributed by atoms with E-state index in [9.17, 15) is 0 Å². The van der Waals surface area contributed by atoms with Crippen LogP contribution in [0.3, 0.4) is 0 Å². The van der Waals surface area contributed by atoms with E-state index in [0.29, 0.717) is 0 Å². The lowest BCUT2D eigenvalue weighted by Crippen LogP contribution is -2.44. The van der Waals surface area contributed by atoms with Gasteiger partial charge in [-0.15, -0.1) is 12.4 Å². The minimum absolute atomic E-state index is 0. The second-order valence-corrected chi connectivity index (χ2v) is 7.48. The predicted octanol–water partition coefficient (Wildman–Crippen LogP) is 3.81. The van der Waals surface area contributed by atoms with Gasteiger partial charge in [0.25, 0.3) is 0 Å². The van der Waals surface area contributed by atoms with Gasteiger partial charge in [0.15, 0.2) is 0 Å². The highest BCUT2D eigenvalue weighted by molar-refractivity contribution is 5.85. The lowest BCUT2D eigenvalue weighted by Gasteiger charge is -2.32. The number of benzene rings is 1. The van der Waals surface area contributed by atoms with Crippen molar-refractivity contribution in [2.24, 2.45) is 0 Å². The number of halogens is 1. The summed E-state index contributed by atoms with van der Waals surface area (Å²) < 4.78 is 5.92. The molecule has 2 rings (SSSR count). The first-order valence-corrected chi connectivity index (χ1v) is 8.59. The summed E-state index contributed by atoms with van der Waals surface area (Å²) in [6, 6.07) is 8.52. The molecule has 23 heavy (non-hydrogen) atoms. The molecule has 1 fully saturated rings. The van der Waals surface area contributed by atoms with Crippen LogP contribution in [0.4, 0.5) is 0 Å². The van der Waals surface area contributed by atoms with E-state index >= 15 is 0 Å². The Balaban J connectivity index is 0.00000264. The second kappa shape index (κ2) is 9.51. The number of hydrogen-bond donors (Lipinski definition) is 0. The van der Waals surface area contributed by atoms with Crippen LogP contribution in [0.15, 0.2) is 24.3 Å². The summed E-state index contributed by atoms with van der Waals surface area (Å²) in [5.41, 5.74) is 1.52. The number of ether oxygens (including phenoxy) is 1. The molecular weight excluding hydrogens is 308 g/mol. The highest BCUT2D eigenvalue weighted by atomic mass is 35.5. The molecular formula is C19H33ClN2O. The Morgan fingerprint density at radius 3 is 2.39 bits per heavy atom. The molecule has 132 valence electrons. The Hall–Kier alpha value is -0.770. The Bertz CT molecular complexity index is 451. The van der Waals surface area contributed by atoms with E-state index in [1.165, 1.54) is 44.7 Å². The lowest BCUT2D eigenvalue weighted by atomic mass is 9.87. The van der Waals surface area contributed by atoms with Gasteiger partial charge in [0, 0.05) is 26.2 Å². The highest BCUT2D eigenvalue weighted by Gasteiger charge is 2.14. The van der Waals surface area contributed by atoms with E-state index in [1.54, 1.807) is 0 Å². The summed E-state index contributed by atoms with van der Waals surface area (Å²) in [4.78, 5) is 4.97. The van der Waals surface area contributed by atoms with Crippen LogP contribution < -0.4 is 4.74 Å². The fourth-order valence-corrected chi connectivity index (χ4v) is 2.75. The first kappa shape index (κ1) is 20.3. The van der Waals surface area contributed by atoms with E-state index in [-0.39, 0.29) is 17.8 Å². The Morgan fingerprint density at radius 1 is 1.04 bits per heavy atom. The molecule has 0 saturated carbocycles. The third kappa shape index (κ3) is 7.11. The van der Waals surface area contributed by atoms with Crippen molar-refractivity contribution in [1.29, 1.82) is 0 Å². The van der Waals surface area contributed by atoms with Crippen molar-refractivity contribution < 1.29 is 4.74 Å². The molecule has 0 amide bonds. The van der Waals surface area contributed by atoms with E-state index in [0.717, 1.165) is 18.8 Å². The summed E-state index contributed by atoms with van der Waals surface area (Å²) in [6.07, 6.45) is 2.36. The van der Waals surface area contributed by atoms with Crippen molar-refractivity contribution in [1.82, 2.24) is 9.80 Å². The van der Waals surface area contributed by atoms with Crippen LogP contribution in [0.25, 0.3) is 0 Å². The molecule has 3 nitrogen and oxygen atoms in total. The maximum Gasteiger partial charge on any atom is 0.119 e. The number of hydrogen-bond acceptors (Lipinski definition) is 3. The number of nitrogens with zero attached hydrogens (tertiary/aromatic N) is 2. The van der Waals surface area contributed by atoms with E-state index in [4.69, 9.17) is 4.74 Å². The van der Waals surface area contributed by atoms with Gasteiger partial charge < -0.3 is 14.5 Å². The fraction of sp³-hybridized carbons (Fsp3) is 0.684. The number of rotatable bonds is 6. The molecule has 4 heteroatoms. The predicted molar refractivity (Wildman–Crippen MR) is 101 cm³/mol. The first-order chi connectivity index (χ1) is 10.4. The summed E-state index contributed by atoms with van der Waals surface area (Å²) in [5, 5.41) is 0. The topological polar surface area (TPSA) is 15.7 Å². The van der Waals surface area contributed by atoms with Crippen molar-refractivity contribution >= 4 is 12.4 Å². The largest absolute Gasteiger partial charge is 0.494 e. The normalized spacial score (nSPS) is 16.9. The molecule has 1 aliphatic heterocycles. The molecule has 0 N–H and O–H groups in total. The average Bonchev–Trinajstić information content (AvgIpc) is 2.48. The first-order valence-electron chi connectivity index (χ1n) is 8.59. The van der Waals surface area contributed by atoms with Crippen LogP contribution in [0, 0.1) is 0 Å². The van der Waals surface area contributed by atoms with Crippen molar-refractivity contribution in [3.63, 3.8) is 0 Å². The fourth-order valence-electron chi connectivity index (χ4n) is 2.75. The van der Waals surface area contributed by atoms with Gasteiger partial charge in [-0.25, -0.2) is 0 Å². The smallest absolute Gasteiger partial charge is 0.119 e. The van der Waals surface area contributed by atoms with Crippen molar-refractivity contribution in [3.05, 3.63) is 29.8 Å². The van der Waals surface area contributed by atoms with Gasteiger partial charge in [-0.1, -0.05) is 32.9 Å². The van der Waals surface area contributed by atoms with Crippen LogP contribution in [-0.4, -0.2) is 56.2 Å². The molecule has 0 atom stereocenters. The van der Waals surface area contributed by atoms with Crippen molar-refractivity contribution in [2.45, 2.75) is 39.0 Å². The second-order valence-electron chi connectivity index (χ2n) is 7.48. The Labute approximate surface area is 148 Å². The third-order valence-electron chi connectivity index (χ3n) is 4.43. The standard InChI is InChI=1S/C19H32N2O.ClH/c1-19(2,3)17-8-7-9-18(16-17)22-15-6-5-10-21-13-11-20(4)12-14-21;/h7-9,16H,5-6,10-15H2,1-4H3;1H. The van der Waals surface area contributed by atoms with Crippen LogP contribution in [-0.2, 0) is 5.41 Å². The van der Waals surface area contributed by atoms with Gasteiger partial charge >= 0.3 is 0 Å². The SMILES string of the molecule is CN1CCN(CCCCOc2cccc(C(C)(C)C)c2)CC1.Cl. The number of unbranched alkanes of at least 4 members (excludes halogenated alkanes) is 1. The monoisotopic (exact) mass is 340 g/mol. The Kier molecular flexibility index (Phi) is 8.38. The molecule has 0 radical (unpaired) electrons. The molecule has 0 aliphatic carbocycles. The van der Waals surface area contributed by atoms with E-state index in [2.05, 4.69) is 61.9 Å². The molecule has 0 spiro atoms. The van der Waals surface area contributed by atoms with Crippen molar-refractivity contribution in [3.8, 4) is 5.75 Å². The zero-order valence-electron chi connectivity index (χ0n) is 15.2. The lowest BCUT2D eigenvalue weighted by molar-refractivity contribution is 0.150. The molecule has 1 aromatic carbocycles. The Morgan fingerprint density at radius 2 is 1.74 bits per heavy atom. The van der Waals surface area contributed by atoms with E-state index < -0.39 is 0 Å². The maximum absolute atomic E-state index is 5.92. The summed E-state index contributed by atoms with van der Waals surface area (Å²) >= 11 is 0. The van der Waals surface area contributed by atoms with E-state index in [1.807, 2.05) is 0 Å². The minimum atomic E-state index is 0. The van der Waals surface area contributed by atoms with Gasteiger partial charge in [0.05, 0.1) is 6.61 Å². The summed E-state index contributed by atoms with van der Waals surface area (Å²) in [7, 11) is 2.21. The third-order valence-corrected chi connectivity index (χ3v) is 4.43. The summed E-state index contributed by atoms with van der Waals surface area (Å²) in [5.74, 6) is 1.01. The zero-order valence-corrected chi connectivity index (χ0v) is 16.0. The summed E-state index contributed by atoms with van der Waals surface area (Å²) in [6.45, 7) is 13.6. The van der Waals surface area contributed by atoms with Gasteiger partial charge in [0.2, 0.25) is 0 Å². The molecule has 1 aliphatic rings. The molecule has 0 aromatic heterocycles. The molecule has 0 unspecified atom stereocenters. The van der Waals surface area contributed by atoms with Crippen LogP contribution in [0.5, 0.6) is 5.75 Å². The highest BCUT2D eigenvalue weighted by Crippen LogP contribution is 2.25. The maximum atomic E-state index is 5.92. The van der Waals surface area contributed by atoms with Gasteiger partial charge in [-0.3, -0.25) is 0 Å². The molecule has 1 saturated heterocycles. The quantitative estimate of drug-likeness (QED) is 0.732. The van der Waals surface area contributed by atoms with Gasteiger partial charge in [-0.2, -0.15) is 0 Å². The number of piperazine rings is 1.